The molecule has 0 amide bonds. The molecule has 0 saturated carbocycles. The van der Waals surface area contributed by atoms with Gasteiger partial charge >= 0.3 is 0 Å². The van der Waals surface area contributed by atoms with Crippen LogP contribution in [0.1, 0.15) is 11.1 Å². The van der Waals surface area contributed by atoms with Crippen LogP contribution in [-0.2, 0) is 6.42 Å². The summed E-state index contributed by atoms with van der Waals surface area (Å²) in [4.78, 5) is 2.32. The first-order valence-electron chi connectivity index (χ1n) is 12.0. The highest BCUT2D eigenvalue weighted by molar-refractivity contribution is 5.86. The summed E-state index contributed by atoms with van der Waals surface area (Å²) in [7, 11) is 0. The van der Waals surface area contributed by atoms with Gasteiger partial charge in [0.1, 0.15) is 0 Å². The maximum Gasteiger partial charge on any atom is 0.0464 e. The van der Waals surface area contributed by atoms with Crippen molar-refractivity contribution in [1.29, 1.82) is 0 Å². The highest BCUT2D eigenvalue weighted by atomic mass is 15.1. The number of rotatable bonds is 5. The first-order chi connectivity index (χ1) is 17.3. The van der Waals surface area contributed by atoms with E-state index in [0.29, 0.717) is 0 Å². The standard InChI is InChI=1S/C33H26N2/c1-2-14-31(15-3-1)35(33-16-8-13-25-9-4-7-12-28(25)24-33)32-21-19-29(20-22-32)34-30-18-17-26-10-5-6-11-27(26)23-30/h1-12,14-24,34H,13H2. The molecule has 0 aromatic heterocycles. The second-order valence-corrected chi connectivity index (χ2v) is 8.78. The van der Waals surface area contributed by atoms with Crippen molar-refractivity contribution in [3.63, 3.8) is 0 Å². The van der Waals surface area contributed by atoms with E-state index in [1.165, 1.54) is 21.9 Å². The lowest BCUT2D eigenvalue weighted by Gasteiger charge is -2.26. The van der Waals surface area contributed by atoms with Crippen LogP contribution in [0.5, 0.6) is 0 Å². The zero-order valence-corrected chi connectivity index (χ0v) is 19.4. The van der Waals surface area contributed by atoms with Crippen molar-refractivity contribution in [1.82, 2.24) is 0 Å². The third-order valence-electron chi connectivity index (χ3n) is 6.42. The van der Waals surface area contributed by atoms with Gasteiger partial charge in [0.25, 0.3) is 0 Å². The Bertz CT molecular complexity index is 1530. The van der Waals surface area contributed by atoms with Crippen LogP contribution in [0.25, 0.3) is 16.8 Å². The van der Waals surface area contributed by atoms with Crippen LogP contribution in [-0.4, -0.2) is 0 Å². The molecule has 0 radical (unpaired) electrons. The van der Waals surface area contributed by atoms with Crippen LogP contribution in [0, 0.1) is 0 Å². The van der Waals surface area contributed by atoms with E-state index in [0.717, 1.165) is 34.9 Å². The van der Waals surface area contributed by atoms with Gasteiger partial charge in [-0.2, -0.15) is 0 Å². The van der Waals surface area contributed by atoms with Crippen LogP contribution in [0.4, 0.5) is 22.7 Å². The first-order valence-corrected chi connectivity index (χ1v) is 12.0. The number of nitrogens with one attached hydrogen (secondary N) is 1. The molecule has 0 aliphatic heterocycles. The normalized spacial score (nSPS) is 12.5. The van der Waals surface area contributed by atoms with Gasteiger partial charge in [0.15, 0.2) is 0 Å². The lowest BCUT2D eigenvalue weighted by molar-refractivity contribution is 1.22. The molecule has 2 nitrogen and oxygen atoms in total. The Morgan fingerprint density at radius 2 is 1.26 bits per heavy atom. The fraction of sp³-hybridized carbons (Fsp3) is 0.0303. The minimum Gasteiger partial charge on any atom is -0.356 e. The van der Waals surface area contributed by atoms with E-state index in [4.69, 9.17) is 0 Å². The lowest BCUT2D eigenvalue weighted by atomic mass is 10.1. The van der Waals surface area contributed by atoms with Crippen LogP contribution in [0.3, 0.4) is 0 Å². The predicted molar refractivity (Wildman–Crippen MR) is 150 cm³/mol. The maximum atomic E-state index is 3.56. The predicted octanol–water partition coefficient (Wildman–Crippen LogP) is 8.87. The number of para-hydroxylation sites is 1. The van der Waals surface area contributed by atoms with Gasteiger partial charge in [-0.05, 0) is 89.0 Å². The number of anilines is 4. The Balaban J connectivity index is 1.34. The molecule has 0 heterocycles. The van der Waals surface area contributed by atoms with Crippen molar-refractivity contribution in [3.05, 3.63) is 150 Å². The van der Waals surface area contributed by atoms with Crippen LogP contribution >= 0.6 is 0 Å². The fourth-order valence-electron chi connectivity index (χ4n) is 4.67. The molecule has 6 rings (SSSR count). The van der Waals surface area contributed by atoms with E-state index in [1.54, 1.807) is 0 Å². The molecule has 1 aliphatic rings. The van der Waals surface area contributed by atoms with E-state index >= 15 is 0 Å². The minimum absolute atomic E-state index is 0.938. The quantitative estimate of drug-likeness (QED) is 0.288. The average Bonchev–Trinajstić information content (AvgIpc) is 3.13. The van der Waals surface area contributed by atoms with Crippen molar-refractivity contribution >= 4 is 39.6 Å². The molecule has 35 heavy (non-hydrogen) atoms. The average molecular weight is 451 g/mol. The van der Waals surface area contributed by atoms with E-state index in [2.05, 4.69) is 150 Å². The molecule has 1 aliphatic carbocycles. The minimum atomic E-state index is 0.938. The summed E-state index contributed by atoms with van der Waals surface area (Å²) >= 11 is 0. The summed E-state index contributed by atoms with van der Waals surface area (Å²) in [6.45, 7) is 0. The van der Waals surface area contributed by atoms with Crippen molar-refractivity contribution in [2.75, 3.05) is 10.2 Å². The largest absolute Gasteiger partial charge is 0.356 e. The molecule has 0 saturated heterocycles. The number of hydrogen-bond acceptors (Lipinski definition) is 2. The number of fused-ring (bicyclic) bond motifs is 2. The highest BCUT2D eigenvalue weighted by Gasteiger charge is 2.15. The number of benzene rings is 5. The summed E-state index contributed by atoms with van der Waals surface area (Å²) in [5, 5.41) is 6.04. The zero-order chi connectivity index (χ0) is 23.5. The Kier molecular flexibility index (Phi) is 5.62. The van der Waals surface area contributed by atoms with Gasteiger partial charge < -0.3 is 10.2 Å². The third-order valence-corrected chi connectivity index (χ3v) is 6.42. The lowest BCUT2D eigenvalue weighted by Crippen LogP contribution is -2.15. The molecule has 168 valence electrons. The molecule has 1 N–H and O–H groups in total. The number of hydrogen-bond donors (Lipinski definition) is 1. The van der Waals surface area contributed by atoms with Crippen molar-refractivity contribution in [2.24, 2.45) is 0 Å². The smallest absolute Gasteiger partial charge is 0.0464 e. The maximum absolute atomic E-state index is 3.56. The third kappa shape index (κ3) is 4.47. The second-order valence-electron chi connectivity index (χ2n) is 8.78. The van der Waals surface area contributed by atoms with Gasteiger partial charge in [-0.25, -0.2) is 0 Å². The monoisotopic (exact) mass is 450 g/mol. The number of nitrogens with zero attached hydrogens (tertiary/aromatic N) is 1. The molecular formula is C33H26N2. The molecule has 0 fully saturated rings. The molecule has 0 bridgehead atoms. The molecular weight excluding hydrogens is 424 g/mol. The number of allylic oxidation sites excluding steroid dienone is 2. The molecule has 0 atom stereocenters. The van der Waals surface area contributed by atoms with Gasteiger partial charge in [-0.1, -0.05) is 78.9 Å². The van der Waals surface area contributed by atoms with Gasteiger partial charge in [-0.3, -0.25) is 0 Å². The molecule has 5 aromatic carbocycles. The summed E-state index contributed by atoms with van der Waals surface area (Å²) in [5.74, 6) is 0. The van der Waals surface area contributed by atoms with E-state index in [9.17, 15) is 0 Å². The summed E-state index contributed by atoms with van der Waals surface area (Å²) in [6.07, 6.45) is 7.71. The summed E-state index contributed by atoms with van der Waals surface area (Å²) in [5.41, 5.74) is 8.17. The van der Waals surface area contributed by atoms with Crippen molar-refractivity contribution < 1.29 is 0 Å². The topological polar surface area (TPSA) is 15.3 Å². The van der Waals surface area contributed by atoms with Gasteiger partial charge in [0, 0.05) is 28.4 Å². The van der Waals surface area contributed by atoms with Crippen LogP contribution < -0.4 is 10.2 Å². The Hall–Kier alpha value is -4.56. The van der Waals surface area contributed by atoms with Gasteiger partial charge in [0.2, 0.25) is 0 Å². The van der Waals surface area contributed by atoms with Crippen LogP contribution in [0.2, 0.25) is 0 Å². The van der Waals surface area contributed by atoms with Gasteiger partial charge in [0.05, 0.1) is 0 Å². The SMILES string of the molecule is C1=CC(N(c2ccccc2)c2ccc(Nc3ccc4ccccc4c3)cc2)=Cc2ccccc2C1. The molecule has 2 heteroatoms. The van der Waals surface area contributed by atoms with Crippen LogP contribution in [0.15, 0.2) is 139 Å². The van der Waals surface area contributed by atoms with E-state index in [1.807, 2.05) is 0 Å². The zero-order valence-electron chi connectivity index (χ0n) is 19.4. The Morgan fingerprint density at radius 1 is 0.571 bits per heavy atom. The fourth-order valence-corrected chi connectivity index (χ4v) is 4.67. The second kappa shape index (κ2) is 9.36. The van der Waals surface area contributed by atoms with Crippen molar-refractivity contribution in [3.8, 4) is 0 Å². The Morgan fingerprint density at radius 3 is 2.11 bits per heavy atom. The molecule has 0 unspecified atom stereocenters. The highest BCUT2D eigenvalue weighted by Crippen LogP contribution is 2.34. The Labute approximate surface area is 206 Å². The summed E-state index contributed by atoms with van der Waals surface area (Å²) in [6, 6.07) is 42.8. The summed E-state index contributed by atoms with van der Waals surface area (Å²) < 4.78 is 0. The first kappa shape index (κ1) is 21.0. The molecule has 5 aromatic rings. The van der Waals surface area contributed by atoms with Crippen molar-refractivity contribution in [2.45, 2.75) is 6.42 Å². The van der Waals surface area contributed by atoms with E-state index < -0.39 is 0 Å². The molecule has 0 spiro atoms. The van der Waals surface area contributed by atoms with Gasteiger partial charge in [-0.15, -0.1) is 0 Å². The van der Waals surface area contributed by atoms with E-state index in [-0.39, 0.29) is 0 Å².